The van der Waals surface area contributed by atoms with Crippen LogP contribution < -0.4 is 0 Å². The normalized spacial score (nSPS) is 13.0. The highest BCUT2D eigenvalue weighted by Crippen LogP contribution is 2.62. The Morgan fingerprint density at radius 3 is 2.42 bits per heavy atom. The fourth-order valence-corrected chi connectivity index (χ4v) is 4.41. The fraction of sp³-hybridized carbons (Fsp3) is 0.438. The zero-order valence-electron chi connectivity index (χ0n) is 14.0. The van der Waals surface area contributed by atoms with Gasteiger partial charge >= 0.3 is 13.6 Å². The molecule has 0 amide bonds. The molecule has 0 N–H and O–H groups in total. The molecule has 1 unspecified atom stereocenters. The smallest absolute Gasteiger partial charge is 0.349 e. The molecule has 1 heterocycles. The van der Waals surface area contributed by atoms with Gasteiger partial charge < -0.3 is 13.8 Å². The zero-order valence-corrected chi connectivity index (χ0v) is 14.9. The van der Waals surface area contributed by atoms with E-state index in [0.29, 0.717) is 16.5 Å². The van der Waals surface area contributed by atoms with Crippen molar-refractivity contribution in [3.05, 3.63) is 36.0 Å². The van der Waals surface area contributed by atoms with Gasteiger partial charge in [-0.05, 0) is 26.8 Å². The van der Waals surface area contributed by atoms with Crippen molar-refractivity contribution in [2.75, 3.05) is 19.8 Å². The van der Waals surface area contributed by atoms with E-state index < -0.39 is 19.2 Å². The molecule has 0 aliphatic carbocycles. The van der Waals surface area contributed by atoms with Gasteiger partial charge in [-0.25, -0.2) is 0 Å². The lowest BCUT2D eigenvalue weighted by Crippen LogP contribution is -2.20. The molecule has 0 saturated heterocycles. The van der Waals surface area contributed by atoms with Crippen molar-refractivity contribution < 1.29 is 23.1 Å². The first-order valence-corrected chi connectivity index (χ1v) is 9.44. The number of fused-ring (bicyclic) bond motifs is 1. The van der Waals surface area contributed by atoms with Crippen molar-refractivity contribution >= 4 is 24.5 Å². The van der Waals surface area contributed by atoms with E-state index in [1.165, 1.54) is 6.20 Å². The Kier molecular flexibility index (Phi) is 6.43. The van der Waals surface area contributed by atoms with Gasteiger partial charge in [0, 0.05) is 10.9 Å². The lowest BCUT2D eigenvalue weighted by Gasteiger charge is -2.25. The molecule has 2 aromatic rings. The molecule has 130 valence electrons. The maximum absolute atomic E-state index is 13.3. The molecular weight excluding hydrogens is 331 g/mol. The monoisotopic (exact) mass is 352 g/mol. The number of rotatable bonds is 8. The van der Waals surface area contributed by atoms with Gasteiger partial charge in [0.15, 0.2) is 5.66 Å². The molecule has 24 heavy (non-hydrogen) atoms. The van der Waals surface area contributed by atoms with Crippen LogP contribution in [0, 0.1) is 0 Å². The van der Waals surface area contributed by atoms with E-state index in [-0.39, 0.29) is 19.8 Å². The number of carbonyl (C=O) groups is 1. The van der Waals surface area contributed by atoms with Crippen LogP contribution in [0.1, 0.15) is 32.0 Å². The Balaban J connectivity index is 2.65. The molecule has 2 rings (SSSR count). The minimum absolute atomic E-state index is 0.142. The SMILES string of the molecule is CCOC(=O)C(c1cnnc2ccccc12)P(=O)(OCC)OCC. The summed E-state index contributed by atoms with van der Waals surface area (Å²) in [7, 11) is -3.78. The Bertz CT molecular complexity index is 737. The highest BCUT2D eigenvalue weighted by molar-refractivity contribution is 7.55. The van der Waals surface area contributed by atoms with Crippen LogP contribution in [0.25, 0.3) is 10.9 Å². The molecule has 1 aromatic carbocycles. The maximum Gasteiger partial charge on any atom is 0.349 e. The standard InChI is InChI=1S/C16H21N2O5P/c1-4-21-16(19)15(24(20,22-5-2)23-6-3)13-11-17-18-14-10-8-7-9-12(13)14/h7-11,15H,4-6H2,1-3H3. The van der Waals surface area contributed by atoms with Gasteiger partial charge in [-0.2, -0.15) is 10.2 Å². The van der Waals surface area contributed by atoms with Crippen molar-refractivity contribution in [1.82, 2.24) is 10.2 Å². The third-order valence-corrected chi connectivity index (χ3v) is 5.67. The molecule has 1 aromatic heterocycles. The number of hydrogen-bond acceptors (Lipinski definition) is 7. The number of aromatic nitrogens is 2. The number of carbonyl (C=O) groups excluding carboxylic acids is 1. The second-order valence-electron chi connectivity index (χ2n) is 4.85. The highest BCUT2D eigenvalue weighted by atomic mass is 31.2. The third-order valence-electron chi connectivity index (χ3n) is 3.32. The van der Waals surface area contributed by atoms with E-state index in [0.717, 1.165) is 0 Å². The maximum atomic E-state index is 13.3. The van der Waals surface area contributed by atoms with Crippen molar-refractivity contribution in [3.8, 4) is 0 Å². The Morgan fingerprint density at radius 2 is 1.79 bits per heavy atom. The second-order valence-corrected chi connectivity index (χ2v) is 6.96. The van der Waals surface area contributed by atoms with Crippen molar-refractivity contribution in [2.45, 2.75) is 26.4 Å². The highest BCUT2D eigenvalue weighted by Gasteiger charge is 2.44. The van der Waals surface area contributed by atoms with E-state index in [9.17, 15) is 9.36 Å². The average molecular weight is 352 g/mol. The number of benzene rings is 1. The van der Waals surface area contributed by atoms with E-state index in [1.54, 1.807) is 32.9 Å². The topological polar surface area (TPSA) is 87.6 Å². The van der Waals surface area contributed by atoms with Crippen molar-refractivity contribution in [2.24, 2.45) is 0 Å². The molecule has 0 bridgehead atoms. The first-order valence-electron chi connectivity index (χ1n) is 7.83. The summed E-state index contributed by atoms with van der Waals surface area (Å²) in [5.74, 6) is -0.666. The van der Waals surface area contributed by atoms with Gasteiger partial charge in [0.05, 0.1) is 31.5 Å². The quantitative estimate of drug-likeness (QED) is 0.531. The number of nitrogens with zero attached hydrogens (tertiary/aromatic N) is 2. The lowest BCUT2D eigenvalue weighted by atomic mass is 10.1. The van der Waals surface area contributed by atoms with Crippen molar-refractivity contribution in [1.29, 1.82) is 0 Å². The summed E-state index contributed by atoms with van der Waals surface area (Å²) < 4.78 is 29.2. The van der Waals surface area contributed by atoms with Gasteiger partial charge in [0.2, 0.25) is 0 Å². The van der Waals surface area contributed by atoms with Crippen LogP contribution >= 0.6 is 7.60 Å². The number of hydrogen-bond donors (Lipinski definition) is 0. The van der Waals surface area contributed by atoms with Crippen LogP contribution in [-0.4, -0.2) is 36.0 Å². The molecule has 0 saturated carbocycles. The van der Waals surface area contributed by atoms with Crippen molar-refractivity contribution in [3.63, 3.8) is 0 Å². The minimum atomic E-state index is -3.78. The van der Waals surface area contributed by atoms with Gasteiger partial charge in [0.1, 0.15) is 0 Å². The fourth-order valence-electron chi connectivity index (χ4n) is 2.44. The summed E-state index contributed by atoms with van der Waals surface area (Å²) in [5.41, 5.74) is -0.203. The van der Waals surface area contributed by atoms with Crippen LogP contribution in [0.2, 0.25) is 0 Å². The van der Waals surface area contributed by atoms with Crippen LogP contribution in [0.3, 0.4) is 0 Å². The second kappa shape index (κ2) is 8.33. The van der Waals surface area contributed by atoms with E-state index in [1.807, 2.05) is 12.1 Å². The molecule has 8 heteroatoms. The summed E-state index contributed by atoms with van der Waals surface area (Å²) in [5, 5.41) is 8.61. The first-order chi connectivity index (χ1) is 11.6. The van der Waals surface area contributed by atoms with Gasteiger partial charge in [-0.3, -0.25) is 9.36 Å². The van der Waals surface area contributed by atoms with Crippen LogP contribution in [0.4, 0.5) is 0 Å². The van der Waals surface area contributed by atoms with Crippen LogP contribution in [-0.2, 0) is 23.1 Å². The predicted octanol–water partition coefficient (Wildman–Crippen LogP) is 3.50. The third kappa shape index (κ3) is 3.80. The number of esters is 1. The molecule has 0 radical (unpaired) electrons. The Hall–Kier alpha value is -1.82. The number of ether oxygens (including phenoxy) is 1. The molecule has 1 atom stereocenters. The summed E-state index contributed by atoms with van der Waals surface area (Å²) in [6.45, 7) is 5.51. The molecule has 0 fully saturated rings. The van der Waals surface area contributed by atoms with Crippen LogP contribution in [0.15, 0.2) is 30.5 Å². The first kappa shape index (κ1) is 18.5. The Labute approximate surface area is 140 Å². The average Bonchev–Trinajstić information content (AvgIpc) is 2.56. The van der Waals surface area contributed by atoms with Gasteiger partial charge in [0.25, 0.3) is 0 Å². The van der Waals surface area contributed by atoms with E-state index >= 15 is 0 Å². The summed E-state index contributed by atoms with van der Waals surface area (Å²) >= 11 is 0. The van der Waals surface area contributed by atoms with Gasteiger partial charge in [-0.1, -0.05) is 18.2 Å². The molecule has 0 spiro atoms. The molecule has 7 nitrogen and oxygen atoms in total. The summed E-state index contributed by atoms with van der Waals surface area (Å²) in [4.78, 5) is 12.6. The molecule has 0 aliphatic heterocycles. The zero-order chi connectivity index (χ0) is 17.6. The van der Waals surface area contributed by atoms with E-state index in [4.69, 9.17) is 13.8 Å². The predicted molar refractivity (Wildman–Crippen MR) is 89.8 cm³/mol. The van der Waals surface area contributed by atoms with E-state index in [2.05, 4.69) is 10.2 Å². The lowest BCUT2D eigenvalue weighted by molar-refractivity contribution is -0.143. The molecule has 0 aliphatic rings. The largest absolute Gasteiger partial charge is 0.465 e. The molecular formula is C16H21N2O5P. The van der Waals surface area contributed by atoms with Gasteiger partial charge in [-0.15, -0.1) is 0 Å². The Morgan fingerprint density at radius 1 is 1.12 bits per heavy atom. The summed E-state index contributed by atoms with van der Waals surface area (Å²) in [6, 6.07) is 7.17. The minimum Gasteiger partial charge on any atom is -0.465 e. The summed E-state index contributed by atoms with van der Waals surface area (Å²) in [6.07, 6.45) is 1.41. The van der Waals surface area contributed by atoms with Crippen LogP contribution in [0.5, 0.6) is 0 Å².